The number of carboxylic acids is 1. The zero-order valence-electron chi connectivity index (χ0n) is 11.8. The normalized spacial score (nSPS) is 10.6. The van der Waals surface area contributed by atoms with Crippen molar-refractivity contribution in [2.75, 3.05) is 7.11 Å². The van der Waals surface area contributed by atoms with Crippen molar-refractivity contribution in [2.24, 2.45) is 0 Å². The van der Waals surface area contributed by atoms with Gasteiger partial charge >= 0.3 is 5.97 Å². The van der Waals surface area contributed by atoms with Crippen molar-refractivity contribution in [1.29, 1.82) is 0 Å². The molecule has 20 heavy (non-hydrogen) atoms. The lowest BCUT2D eigenvalue weighted by molar-refractivity contribution is 0.0695. The van der Waals surface area contributed by atoms with Gasteiger partial charge in [-0.15, -0.1) is 0 Å². The number of rotatable bonds is 5. The van der Waals surface area contributed by atoms with E-state index >= 15 is 0 Å². The Balaban J connectivity index is 2.52. The second-order valence-corrected chi connectivity index (χ2v) is 4.57. The molecule has 106 valence electrons. The lowest BCUT2D eigenvalue weighted by Crippen LogP contribution is -2.01. The minimum Gasteiger partial charge on any atom is -0.496 e. The van der Waals surface area contributed by atoms with Crippen LogP contribution in [-0.2, 0) is 6.42 Å². The highest BCUT2D eigenvalue weighted by Gasteiger charge is 2.23. The topological polar surface area (TPSA) is 72.6 Å². The first-order valence-corrected chi connectivity index (χ1v) is 6.45. The minimum absolute atomic E-state index is 0.149. The molecule has 0 bridgehead atoms. The molecule has 1 aromatic carbocycles. The second-order valence-electron chi connectivity index (χ2n) is 4.57. The molecule has 2 aromatic rings. The largest absolute Gasteiger partial charge is 0.496 e. The maximum atomic E-state index is 11.4. The highest BCUT2D eigenvalue weighted by atomic mass is 16.5. The first-order chi connectivity index (χ1) is 9.58. The number of carbonyl (C=O) groups is 1. The summed E-state index contributed by atoms with van der Waals surface area (Å²) in [4.78, 5) is 11.4. The molecule has 0 fully saturated rings. The average molecular weight is 275 g/mol. The van der Waals surface area contributed by atoms with E-state index in [1.54, 1.807) is 19.2 Å². The number of benzene rings is 1. The Bertz CT molecular complexity index is 631. The number of ether oxygens (including phenoxy) is 1. The maximum absolute atomic E-state index is 11.4. The molecule has 5 heteroatoms. The molecule has 0 atom stereocenters. The summed E-state index contributed by atoms with van der Waals surface area (Å²) < 4.78 is 10.4. The summed E-state index contributed by atoms with van der Waals surface area (Å²) in [5.74, 6) is 0.157. The molecule has 0 saturated carbocycles. The molecule has 0 aliphatic heterocycles. The van der Waals surface area contributed by atoms with E-state index in [9.17, 15) is 9.90 Å². The van der Waals surface area contributed by atoms with Gasteiger partial charge in [0.1, 0.15) is 17.0 Å². The van der Waals surface area contributed by atoms with Crippen molar-refractivity contribution in [1.82, 2.24) is 5.16 Å². The van der Waals surface area contributed by atoms with Crippen molar-refractivity contribution >= 4 is 5.97 Å². The van der Waals surface area contributed by atoms with Gasteiger partial charge in [0.2, 0.25) is 0 Å². The SMILES string of the molecule is CCCc1onc(-c2ccc(OC)c(C)c2)c1C(=O)O. The minimum atomic E-state index is -1.02. The third-order valence-corrected chi connectivity index (χ3v) is 3.12. The zero-order valence-corrected chi connectivity index (χ0v) is 11.8. The van der Waals surface area contributed by atoms with Crippen molar-refractivity contribution in [3.8, 4) is 17.0 Å². The van der Waals surface area contributed by atoms with E-state index in [-0.39, 0.29) is 5.56 Å². The number of aromatic carboxylic acids is 1. The second kappa shape index (κ2) is 5.77. The zero-order chi connectivity index (χ0) is 14.7. The Morgan fingerprint density at radius 2 is 2.20 bits per heavy atom. The summed E-state index contributed by atoms with van der Waals surface area (Å²) in [5, 5.41) is 13.3. The maximum Gasteiger partial charge on any atom is 0.341 e. The number of methoxy groups -OCH3 is 1. The predicted molar refractivity (Wildman–Crippen MR) is 74.2 cm³/mol. The molecule has 0 unspecified atom stereocenters. The molecule has 5 nitrogen and oxygen atoms in total. The molecule has 1 N–H and O–H groups in total. The molecule has 1 heterocycles. The fourth-order valence-corrected chi connectivity index (χ4v) is 2.17. The van der Waals surface area contributed by atoms with E-state index in [0.29, 0.717) is 23.4 Å². The Labute approximate surface area is 117 Å². The van der Waals surface area contributed by atoms with Crippen molar-refractivity contribution in [2.45, 2.75) is 26.7 Å². The number of hydrogen-bond donors (Lipinski definition) is 1. The third-order valence-electron chi connectivity index (χ3n) is 3.12. The van der Waals surface area contributed by atoms with Gasteiger partial charge < -0.3 is 14.4 Å². The van der Waals surface area contributed by atoms with E-state index in [4.69, 9.17) is 9.26 Å². The Kier molecular flexibility index (Phi) is 4.08. The highest BCUT2D eigenvalue weighted by Crippen LogP contribution is 2.30. The van der Waals surface area contributed by atoms with Gasteiger partial charge in [-0.05, 0) is 37.1 Å². The number of aromatic nitrogens is 1. The third kappa shape index (κ3) is 2.52. The van der Waals surface area contributed by atoms with Gasteiger partial charge in [0.25, 0.3) is 0 Å². The number of hydrogen-bond acceptors (Lipinski definition) is 4. The molecular formula is C15H17NO4. The van der Waals surface area contributed by atoms with Gasteiger partial charge in [0, 0.05) is 12.0 Å². The summed E-state index contributed by atoms with van der Waals surface area (Å²) >= 11 is 0. The van der Waals surface area contributed by atoms with Crippen molar-refractivity contribution < 1.29 is 19.2 Å². The van der Waals surface area contributed by atoms with E-state index in [1.807, 2.05) is 19.9 Å². The smallest absolute Gasteiger partial charge is 0.341 e. The van der Waals surface area contributed by atoms with Crippen LogP contribution in [0.4, 0.5) is 0 Å². The van der Waals surface area contributed by atoms with Gasteiger partial charge in [-0.3, -0.25) is 0 Å². The van der Waals surface area contributed by atoms with Gasteiger partial charge in [-0.2, -0.15) is 0 Å². The number of nitrogens with zero attached hydrogens (tertiary/aromatic N) is 1. The Morgan fingerprint density at radius 3 is 2.75 bits per heavy atom. The lowest BCUT2D eigenvalue weighted by Gasteiger charge is -2.06. The van der Waals surface area contributed by atoms with E-state index < -0.39 is 5.97 Å². The fraction of sp³-hybridized carbons (Fsp3) is 0.333. The summed E-state index contributed by atoms with van der Waals surface area (Å²) in [7, 11) is 1.60. The molecule has 0 aliphatic carbocycles. The van der Waals surface area contributed by atoms with Crippen LogP contribution in [0.15, 0.2) is 22.7 Å². The summed E-state index contributed by atoms with van der Waals surface area (Å²) in [6.07, 6.45) is 1.36. The molecule has 0 spiro atoms. The average Bonchev–Trinajstić information content (AvgIpc) is 2.83. The molecular weight excluding hydrogens is 258 g/mol. The predicted octanol–water partition coefficient (Wildman–Crippen LogP) is 3.31. The van der Waals surface area contributed by atoms with Gasteiger partial charge in [0.15, 0.2) is 5.76 Å². The monoisotopic (exact) mass is 275 g/mol. The van der Waals surface area contributed by atoms with E-state index in [1.165, 1.54) is 0 Å². The van der Waals surface area contributed by atoms with Gasteiger partial charge in [-0.1, -0.05) is 12.1 Å². The van der Waals surface area contributed by atoms with Crippen LogP contribution in [0, 0.1) is 6.92 Å². The standard InChI is InChI=1S/C15H17NO4/c1-4-5-12-13(15(17)18)14(16-20-12)10-6-7-11(19-3)9(2)8-10/h6-8H,4-5H2,1-3H3,(H,17,18). The van der Waals surface area contributed by atoms with Crippen LogP contribution in [0.5, 0.6) is 5.75 Å². The van der Waals surface area contributed by atoms with Gasteiger partial charge in [-0.25, -0.2) is 4.79 Å². The van der Waals surface area contributed by atoms with Crippen LogP contribution in [0.3, 0.4) is 0 Å². The molecule has 0 saturated heterocycles. The van der Waals surface area contributed by atoms with Crippen LogP contribution in [0.2, 0.25) is 0 Å². The van der Waals surface area contributed by atoms with E-state index in [2.05, 4.69) is 5.16 Å². The van der Waals surface area contributed by atoms with Crippen LogP contribution in [0.1, 0.15) is 35.0 Å². The van der Waals surface area contributed by atoms with Gasteiger partial charge in [0.05, 0.1) is 7.11 Å². The first-order valence-electron chi connectivity index (χ1n) is 6.45. The Morgan fingerprint density at radius 1 is 1.45 bits per heavy atom. The van der Waals surface area contributed by atoms with Crippen LogP contribution < -0.4 is 4.74 Å². The summed E-state index contributed by atoms with van der Waals surface area (Å²) in [6, 6.07) is 5.43. The van der Waals surface area contributed by atoms with Crippen LogP contribution >= 0.6 is 0 Å². The lowest BCUT2D eigenvalue weighted by atomic mass is 10.0. The quantitative estimate of drug-likeness (QED) is 0.906. The summed E-state index contributed by atoms with van der Waals surface area (Å²) in [6.45, 7) is 3.86. The van der Waals surface area contributed by atoms with Crippen LogP contribution in [0.25, 0.3) is 11.3 Å². The van der Waals surface area contributed by atoms with Crippen molar-refractivity contribution in [3.63, 3.8) is 0 Å². The number of aryl methyl sites for hydroxylation is 2. The molecule has 2 rings (SSSR count). The summed E-state index contributed by atoms with van der Waals surface area (Å²) in [5.41, 5.74) is 2.15. The molecule has 0 amide bonds. The Hall–Kier alpha value is -2.30. The fourth-order valence-electron chi connectivity index (χ4n) is 2.17. The first kappa shape index (κ1) is 14.1. The highest BCUT2D eigenvalue weighted by molar-refractivity contribution is 5.95. The van der Waals surface area contributed by atoms with Crippen LogP contribution in [-0.4, -0.2) is 23.3 Å². The molecule has 0 aliphatic rings. The number of carboxylic acid groups (broad SMARTS) is 1. The molecule has 0 radical (unpaired) electrons. The molecule has 1 aromatic heterocycles. The van der Waals surface area contributed by atoms with Crippen molar-refractivity contribution in [3.05, 3.63) is 35.1 Å². The van der Waals surface area contributed by atoms with E-state index in [0.717, 1.165) is 17.7 Å².